The van der Waals surface area contributed by atoms with Crippen molar-refractivity contribution >= 4 is 51.8 Å². The fourth-order valence-corrected chi connectivity index (χ4v) is 2.32. The molecule has 0 bridgehead atoms. The van der Waals surface area contributed by atoms with Crippen LogP contribution in [0.15, 0.2) is 30.6 Å². The quantitative estimate of drug-likeness (QED) is 0.647. The van der Waals surface area contributed by atoms with Crippen molar-refractivity contribution in [2.75, 3.05) is 30.9 Å². The van der Waals surface area contributed by atoms with Crippen molar-refractivity contribution in [1.82, 2.24) is 19.9 Å². The van der Waals surface area contributed by atoms with E-state index in [1.807, 2.05) is 0 Å². The first kappa shape index (κ1) is 16.6. The normalized spacial score (nSPS) is 10.8. The second kappa shape index (κ2) is 7.57. The molecule has 1 aromatic carbocycles. The SMILES string of the molecule is COCCNc1nc(Nc2ccc(Cl)c(Cl)c2)nc2nccnc12. The minimum absolute atomic E-state index is 0.376. The first-order chi connectivity index (χ1) is 11.7. The van der Waals surface area contributed by atoms with Gasteiger partial charge in [0.05, 0.1) is 16.7 Å². The number of fused-ring (bicyclic) bond motifs is 1. The maximum Gasteiger partial charge on any atom is 0.231 e. The van der Waals surface area contributed by atoms with Crippen LogP contribution in [0.4, 0.5) is 17.5 Å². The molecule has 0 radical (unpaired) electrons. The highest BCUT2D eigenvalue weighted by molar-refractivity contribution is 6.42. The van der Waals surface area contributed by atoms with Crippen LogP contribution in [0.25, 0.3) is 11.2 Å². The van der Waals surface area contributed by atoms with E-state index in [1.165, 1.54) is 0 Å². The van der Waals surface area contributed by atoms with Gasteiger partial charge in [0.15, 0.2) is 17.0 Å². The summed E-state index contributed by atoms with van der Waals surface area (Å²) in [7, 11) is 1.64. The second-order valence-electron chi connectivity index (χ2n) is 4.80. The molecule has 2 heterocycles. The highest BCUT2D eigenvalue weighted by Crippen LogP contribution is 2.27. The summed E-state index contributed by atoms with van der Waals surface area (Å²) < 4.78 is 5.04. The van der Waals surface area contributed by atoms with Crippen molar-refractivity contribution in [2.45, 2.75) is 0 Å². The number of hydrogen-bond acceptors (Lipinski definition) is 7. The molecule has 24 heavy (non-hydrogen) atoms. The third-order valence-electron chi connectivity index (χ3n) is 3.11. The average Bonchev–Trinajstić information content (AvgIpc) is 2.58. The fraction of sp³-hybridized carbons (Fsp3) is 0.200. The molecule has 0 aliphatic rings. The molecule has 0 saturated heterocycles. The summed E-state index contributed by atoms with van der Waals surface area (Å²) >= 11 is 12.0. The summed E-state index contributed by atoms with van der Waals surface area (Å²) in [6, 6.07) is 5.19. The highest BCUT2D eigenvalue weighted by Gasteiger charge is 2.10. The lowest BCUT2D eigenvalue weighted by Crippen LogP contribution is -2.11. The van der Waals surface area contributed by atoms with Crippen LogP contribution in [0.1, 0.15) is 0 Å². The Bertz CT molecular complexity index is 860. The van der Waals surface area contributed by atoms with Gasteiger partial charge in [-0.2, -0.15) is 9.97 Å². The molecule has 2 aromatic heterocycles. The fourth-order valence-electron chi connectivity index (χ4n) is 2.02. The van der Waals surface area contributed by atoms with Crippen LogP contribution in [0, 0.1) is 0 Å². The van der Waals surface area contributed by atoms with Crippen LogP contribution in [-0.4, -0.2) is 40.2 Å². The largest absolute Gasteiger partial charge is 0.383 e. The zero-order chi connectivity index (χ0) is 16.9. The third kappa shape index (κ3) is 3.81. The number of rotatable bonds is 6. The van der Waals surface area contributed by atoms with Crippen molar-refractivity contribution in [3.63, 3.8) is 0 Å². The van der Waals surface area contributed by atoms with Crippen molar-refractivity contribution < 1.29 is 4.74 Å². The first-order valence-electron chi connectivity index (χ1n) is 7.11. The van der Waals surface area contributed by atoms with Crippen LogP contribution in [0.3, 0.4) is 0 Å². The molecule has 0 atom stereocenters. The van der Waals surface area contributed by atoms with Gasteiger partial charge in [0.2, 0.25) is 5.95 Å². The lowest BCUT2D eigenvalue weighted by Gasteiger charge is -2.11. The molecule has 9 heteroatoms. The molecular formula is C15H14Cl2N6O. The predicted octanol–water partition coefficient (Wildman–Crippen LogP) is 3.53. The number of halogens is 2. The number of aromatic nitrogens is 4. The van der Waals surface area contributed by atoms with Gasteiger partial charge in [-0.15, -0.1) is 0 Å². The molecule has 3 aromatic rings. The van der Waals surface area contributed by atoms with Crippen molar-refractivity contribution in [3.05, 3.63) is 40.6 Å². The number of benzene rings is 1. The van der Waals surface area contributed by atoms with Gasteiger partial charge in [-0.3, -0.25) is 0 Å². The van der Waals surface area contributed by atoms with E-state index in [0.29, 0.717) is 46.1 Å². The van der Waals surface area contributed by atoms with Gasteiger partial charge in [-0.05, 0) is 18.2 Å². The Morgan fingerprint density at radius 2 is 1.92 bits per heavy atom. The third-order valence-corrected chi connectivity index (χ3v) is 3.85. The van der Waals surface area contributed by atoms with E-state index < -0.39 is 0 Å². The number of anilines is 3. The van der Waals surface area contributed by atoms with Crippen molar-refractivity contribution in [2.24, 2.45) is 0 Å². The summed E-state index contributed by atoms with van der Waals surface area (Å²) in [5.74, 6) is 0.953. The molecule has 2 N–H and O–H groups in total. The molecule has 0 unspecified atom stereocenters. The summed E-state index contributed by atoms with van der Waals surface area (Å²) in [6.45, 7) is 1.13. The predicted molar refractivity (Wildman–Crippen MR) is 95.2 cm³/mol. The van der Waals surface area contributed by atoms with E-state index in [-0.39, 0.29) is 0 Å². The minimum atomic E-state index is 0.376. The summed E-state index contributed by atoms with van der Waals surface area (Å²) in [6.07, 6.45) is 3.18. The molecule has 0 amide bonds. The van der Waals surface area contributed by atoms with Crippen LogP contribution < -0.4 is 10.6 Å². The molecular weight excluding hydrogens is 351 g/mol. The molecule has 0 aliphatic carbocycles. The van der Waals surface area contributed by atoms with Gasteiger partial charge >= 0.3 is 0 Å². The van der Waals surface area contributed by atoms with Gasteiger partial charge in [0, 0.05) is 31.7 Å². The van der Waals surface area contributed by atoms with Gasteiger partial charge in [-0.25, -0.2) is 9.97 Å². The van der Waals surface area contributed by atoms with E-state index in [0.717, 1.165) is 5.69 Å². The van der Waals surface area contributed by atoms with Gasteiger partial charge < -0.3 is 15.4 Å². The van der Waals surface area contributed by atoms with Crippen LogP contribution >= 0.6 is 23.2 Å². The number of hydrogen-bond donors (Lipinski definition) is 2. The molecule has 0 fully saturated rings. The summed E-state index contributed by atoms with van der Waals surface area (Å²) in [5.41, 5.74) is 1.79. The van der Waals surface area contributed by atoms with Crippen LogP contribution in [0.2, 0.25) is 10.0 Å². The van der Waals surface area contributed by atoms with E-state index in [9.17, 15) is 0 Å². The van der Waals surface area contributed by atoms with Crippen LogP contribution in [0.5, 0.6) is 0 Å². The van der Waals surface area contributed by atoms with E-state index in [2.05, 4.69) is 30.6 Å². The molecule has 0 saturated carbocycles. The maximum atomic E-state index is 6.03. The van der Waals surface area contributed by atoms with Gasteiger partial charge in [0.25, 0.3) is 0 Å². The second-order valence-corrected chi connectivity index (χ2v) is 5.61. The van der Waals surface area contributed by atoms with Crippen molar-refractivity contribution in [1.29, 1.82) is 0 Å². The molecule has 124 valence electrons. The molecule has 0 spiro atoms. The Labute approximate surface area is 148 Å². The van der Waals surface area contributed by atoms with E-state index in [4.69, 9.17) is 27.9 Å². The Morgan fingerprint density at radius 3 is 2.71 bits per heavy atom. The van der Waals surface area contributed by atoms with E-state index >= 15 is 0 Å². The number of nitrogens with zero attached hydrogens (tertiary/aromatic N) is 4. The average molecular weight is 365 g/mol. The molecule has 7 nitrogen and oxygen atoms in total. The minimum Gasteiger partial charge on any atom is -0.383 e. The lowest BCUT2D eigenvalue weighted by molar-refractivity contribution is 0.210. The Hall–Kier alpha value is -2.22. The summed E-state index contributed by atoms with van der Waals surface area (Å²) in [5, 5.41) is 7.19. The standard InChI is InChI=1S/C15H14Cl2N6O/c1-24-7-6-20-14-12-13(19-5-4-18-12)22-15(23-14)21-9-2-3-10(16)11(17)8-9/h2-5,8H,6-7H2,1H3,(H2,19,20,21,22,23). The maximum absolute atomic E-state index is 6.03. The Kier molecular flexibility index (Phi) is 5.24. The Morgan fingerprint density at radius 1 is 1.08 bits per heavy atom. The first-order valence-corrected chi connectivity index (χ1v) is 7.86. The van der Waals surface area contributed by atoms with Gasteiger partial charge in [-0.1, -0.05) is 23.2 Å². The smallest absolute Gasteiger partial charge is 0.231 e. The zero-order valence-electron chi connectivity index (χ0n) is 12.8. The van der Waals surface area contributed by atoms with Crippen LogP contribution in [-0.2, 0) is 4.74 Å². The lowest BCUT2D eigenvalue weighted by atomic mass is 10.3. The monoisotopic (exact) mass is 364 g/mol. The number of ether oxygens (including phenoxy) is 1. The summed E-state index contributed by atoms with van der Waals surface area (Å²) in [4.78, 5) is 17.3. The van der Waals surface area contributed by atoms with Gasteiger partial charge in [0.1, 0.15) is 0 Å². The van der Waals surface area contributed by atoms with Crippen molar-refractivity contribution in [3.8, 4) is 0 Å². The molecule has 3 rings (SSSR count). The Balaban J connectivity index is 1.93. The van der Waals surface area contributed by atoms with E-state index in [1.54, 1.807) is 37.7 Å². The number of methoxy groups -OCH3 is 1. The topological polar surface area (TPSA) is 84.9 Å². The molecule has 0 aliphatic heterocycles. The highest BCUT2D eigenvalue weighted by atomic mass is 35.5. The number of nitrogens with one attached hydrogen (secondary N) is 2. The zero-order valence-corrected chi connectivity index (χ0v) is 14.3.